The van der Waals surface area contributed by atoms with Gasteiger partial charge in [-0.1, -0.05) is 26.5 Å². The highest BCUT2D eigenvalue weighted by Crippen LogP contribution is 2.66. The second-order valence-corrected chi connectivity index (χ2v) is 9.89. The highest BCUT2D eigenvalue weighted by atomic mass is 32.2. The Morgan fingerprint density at radius 2 is 2.00 bits per heavy atom. The van der Waals surface area contributed by atoms with Gasteiger partial charge in [-0.3, -0.25) is 4.79 Å². The number of ether oxygens (including phenoxy) is 3. The van der Waals surface area contributed by atoms with E-state index >= 15 is 0 Å². The van der Waals surface area contributed by atoms with Gasteiger partial charge < -0.3 is 14.2 Å². The van der Waals surface area contributed by atoms with Crippen molar-refractivity contribution in [1.82, 2.24) is 0 Å². The van der Waals surface area contributed by atoms with E-state index in [-0.39, 0.29) is 23.9 Å². The summed E-state index contributed by atoms with van der Waals surface area (Å²) in [4.78, 5) is 38.3. The Balaban J connectivity index is 2.07. The number of esters is 3. The Morgan fingerprint density at radius 3 is 2.58 bits per heavy atom. The number of cyclic esters (lactones) is 1. The fraction of sp³-hybridized carbons (Fsp3) is 0.625. The van der Waals surface area contributed by atoms with Crippen LogP contribution in [-0.2, 0) is 28.6 Å². The van der Waals surface area contributed by atoms with Gasteiger partial charge in [0, 0.05) is 17.6 Å². The van der Waals surface area contributed by atoms with Gasteiger partial charge in [0.1, 0.15) is 24.2 Å². The first kappa shape index (κ1) is 23.6. The summed E-state index contributed by atoms with van der Waals surface area (Å²) in [5.74, 6) is -1.39. The van der Waals surface area contributed by atoms with E-state index in [2.05, 4.69) is 20.4 Å². The summed E-state index contributed by atoms with van der Waals surface area (Å²) in [6, 6.07) is 0. The van der Waals surface area contributed by atoms with Crippen LogP contribution in [0.3, 0.4) is 0 Å². The number of hydrogen-bond acceptors (Lipinski definition) is 7. The third-order valence-electron chi connectivity index (χ3n) is 7.61. The number of carbonyl (C=O) groups excluding carboxylic acids is 3. The molecule has 31 heavy (non-hydrogen) atoms. The van der Waals surface area contributed by atoms with Crippen molar-refractivity contribution in [1.29, 1.82) is 0 Å². The third-order valence-corrected chi connectivity index (χ3v) is 8.02. The maximum Gasteiger partial charge on any atom is 0.333 e. The zero-order valence-electron chi connectivity index (χ0n) is 18.9. The summed E-state index contributed by atoms with van der Waals surface area (Å²) in [5, 5.41) is 1.67. The van der Waals surface area contributed by atoms with Gasteiger partial charge in [0.05, 0.1) is 0 Å². The molecule has 0 bridgehead atoms. The highest BCUT2D eigenvalue weighted by molar-refractivity contribution is 8.01. The molecule has 2 aliphatic carbocycles. The molecule has 2 saturated carbocycles. The zero-order valence-corrected chi connectivity index (χ0v) is 19.8. The molecule has 6 atom stereocenters. The molecular weight excluding hydrogens is 416 g/mol. The van der Waals surface area contributed by atoms with Crippen LogP contribution in [0, 0.1) is 22.7 Å². The van der Waals surface area contributed by atoms with Crippen molar-refractivity contribution < 1.29 is 28.6 Å². The molecule has 0 N–H and O–H groups in total. The van der Waals surface area contributed by atoms with Gasteiger partial charge in [-0.15, -0.1) is 11.8 Å². The summed E-state index contributed by atoms with van der Waals surface area (Å²) >= 11 is 1.41. The summed E-state index contributed by atoms with van der Waals surface area (Å²) in [6.07, 6.45) is 5.64. The minimum atomic E-state index is -1.11. The standard InChI is InChI=1S/C24H32O6S/c1-7-14(2)21(26)30-20-19-17(29-18(25)10-11-31-6)9-8-15(3)23(19,5)13-24(20)16(4)12-28-22(24)27/h7,10-11,15,17,19-20H,4,8-9,12-13H2,1-3,5-6H3/b11-10-,14-7-/t15-,17-,19-,20+,23+,24+/m0/s1. The second-order valence-electron chi connectivity index (χ2n) is 9.15. The molecule has 3 aliphatic rings. The Labute approximate surface area is 188 Å². The number of thioether (sulfide) groups is 1. The molecule has 1 heterocycles. The Kier molecular flexibility index (Phi) is 6.75. The number of allylic oxidation sites excluding steroid dienone is 1. The first-order valence-corrected chi connectivity index (χ1v) is 12.0. The normalized spacial score (nSPS) is 37.8. The van der Waals surface area contributed by atoms with Gasteiger partial charge in [-0.2, -0.15) is 0 Å². The van der Waals surface area contributed by atoms with Crippen LogP contribution in [0.15, 0.2) is 35.3 Å². The molecule has 1 saturated heterocycles. The molecule has 1 spiro atoms. The van der Waals surface area contributed by atoms with E-state index in [4.69, 9.17) is 14.2 Å². The van der Waals surface area contributed by atoms with E-state index in [1.165, 1.54) is 17.8 Å². The van der Waals surface area contributed by atoms with Gasteiger partial charge >= 0.3 is 17.9 Å². The van der Waals surface area contributed by atoms with Crippen molar-refractivity contribution in [2.45, 2.75) is 59.2 Å². The largest absolute Gasteiger partial charge is 0.460 e. The van der Waals surface area contributed by atoms with Gasteiger partial charge in [0.2, 0.25) is 0 Å². The maximum atomic E-state index is 13.1. The number of rotatable bonds is 5. The average Bonchev–Trinajstić information content (AvgIpc) is 3.18. The van der Waals surface area contributed by atoms with Crippen LogP contribution in [0.2, 0.25) is 0 Å². The zero-order chi connectivity index (χ0) is 23.0. The van der Waals surface area contributed by atoms with Crippen LogP contribution >= 0.6 is 11.8 Å². The number of hydrogen-bond donors (Lipinski definition) is 0. The predicted molar refractivity (Wildman–Crippen MR) is 119 cm³/mol. The average molecular weight is 449 g/mol. The van der Waals surface area contributed by atoms with E-state index in [1.54, 1.807) is 25.3 Å². The van der Waals surface area contributed by atoms with Crippen molar-refractivity contribution in [3.8, 4) is 0 Å². The Hall–Kier alpha value is -2.02. The molecule has 3 rings (SSSR count). The van der Waals surface area contributed by atoms with Crippen LogP contribution in [0.5, 0.6) is 0 Å². The van der Waals surface area contributed by atoms with Gasteiger partial charge in [0.15, 0.2) is 0 Å². The van der Waals surface area contributed by atoms with Gasteiger partial charge in [0.25, 0.3) is 0 Å². The molecule has 0 aromatic heterocycles. The van der Waals surface area contributed by atoms with Gasteiger partial charge in [-0.05, 0) is 61.7 Å². The van der Waals surface area contributed by atoms with Crippen molar-refractivity contribution in [3.05, 3.63) is 35.3 Å². The summed E-state index contributed by atoms with van der Waals surface area (Å²) in [6.45, 7) is 11.9. The van der Waals surface area contributed by atoms with E-state index < -0.39 is 35.5 Å². The minimum Gasteiger partial charge on any atom is -0.460 e. The molecule has 0 amide bonds. The first-order chi connectivity index (χ1) is 14.6. The van der Waals surface area contributed by atoms with Crippen LogP contribution in [-0.4, -0.2) is 43.0 Å². The topological polar surface area (TPSA) is 78.9 Å². The summed E-state index contributed by atoms with van der Waals surface area (Å²) < 4.78 is 17.3. The molecule has 0 aromatic carbocycles. The maximum absolute atomic E-state index is 13.1. The second kappa shape index (κ2) is 8.85. The fourth-order valence-electron chi connectivity index (χ4n) is 5.53. The van der Waals surface area contributed by atoms with E-state index in [1.807, 2.05) is 6.26 Å². The van der Waals surface area contributed by atoms with Crippen molar-refractivity contribution in [2.24, 2.45) is 22.7 Å². The molecule has 7 heteroatoms. The first-order valence-electron chi connectivity index (χ1n) is 10.7. The molecule has 170 valence electrons. The van der Waals surface area contributed by atoms with E-state index in [0.29, 0.717) is 24.0 Å². The molecular formula is C24H32O6S. The smallest absolute Gasteiger partial charge is 0.333 e. The third kappa shape index (κ3) is 3.86. The lowest BCUT2D eigenvalue weighted by Crippen LogP contribution is -2.50. The summed E-state index contributed by atoms with van der Waals surface area (Å²) in [5.41, 5.74) is -0.403. The van der Waals surface area contributed by atoms with Crippen LogP contribution in [0.4, 0.5) is 0 Å². The highest BCUT2D eigenvalue weighted by Gasteiger charge is 2.72. The lowest BCUT2D eigenvalue weighted by atomic mass is 9.61. The van der Waals surface area contributed by atoms with Crippen molar-refractivity contribution >= 4 is 29.7 Å². The van der Waals surface area contributed by atoms with Crippen molar-refractivity contribution in [3.63, 3.8) is 0 Å². The number of fused-ring (bicyclic) bond motifs is 1. The van der Waals surface area contributed by atoms with Crippen molar-refractivity contribution in [2.75, 3.05) is 12.9 Å². The van der Waals surface area contributed by atoms with Crippen LogP contribution in [0.25, 0.3) is 0 Å². The molecule has 3 fully saturated rings. The number of carbonyl (C=O) groups is 3. The molecule has 6 nitrogen and oxygen atoms in total. The Morgan fingerprint density at radius 1 is 1.29 bits per heavy atom. The lowest BCUT2D eigenvalue weighted by molar-refractivity contribution is -0.171. The quantitative estimate of drug-likeness (QED) is 0.270. The molecule has 1 aliphatic heterocycles. The SMILES string of the molecule is C=C1COC(=O)[C@]12C[C@@]1(C)[C@@H]([C@@H](OC(=O)/C=C\SC)CC[C@@H]1C)[C@H]2OC(=O)/C(C)=C\C. The molecule has 0 unspecified atom stereocenters. The minimum absolute atomic E-state index is 0.119. The summed E-state index contributed by atoms with van der Waals surface area (Å²) in [7, 11) is 0. The van der Waals surface area contributed by atoms with E-state index in [0.717, 1.165) is 6.42 Å². The monoisotopic (exact) mass is 448 g/mol. The fourth-order valence-corrected chi connectivity index (χ4v) is 5.78. The van der Waals surface area contributed by atoms with Crippen LogP contribution < -0.4 is 0 Å². The lowest BCUT2D eigenvalue weighted by Gasteiger charge is -2.46. The Bertz CT molecular complexity index is 827. The van der Waals surface area contributed by atoms with E-state index in [9.17, 15) is 14.4 Å². The predicted octanol–water partition coefficient (Wildman–Crippen LogP) is 4.21. The van der Waals surface area contributed by atoms with Crippen LogP contribution in [0.1, 0.15) is 47.0 Å². The van der Waals surface area contributed by atoms with Gasteiger partial charge in [-0.25, -0.2) is 9.59 Å². The molecule has 0 aromatic rings. The molecule has 0 radical (unpaired) electrons.